The van der Waals surface area contributed by atoms with Gasteiger partial charge >= 0.3 is 0 Å². The lowest BCUT2D eigenvalue weighted by molar-refractivity contribution is -0.136. The number of amides is 1. The topological polar surface area (TPSA) is 66.7 Å². The molecule has 0 spiro atoms. The minimum absolute atomic E-state index is 0.0980. The number of fused-ring (bicyclic) bond motifs is 1. The molecule has 0 N–H and O–H groups in total. The third-order valence-corrected chi connectivity index (χ3v) is 7.30. The van der Waals surface area contributed by atoms with Crippen molar-refractivity contribution in [3.05, 3.63) is 42.2 Å². The zero-order valence-corrected chi connectivity index (χ0v) is 20.4. The smallest absolute Gasteiger partial charge is 0.225 e. The Labute approximate surface area is 201 Å². The van der Waals surface area contributed by atoms with Gasteiger partial charge in [-0.3, -0.25) is 9.48 Å². The molecule has 34 heavy (non-hydrogen) atoms. The van der Waals surface area contributed by atoms with E-state index in [1.54, 1.807) is 7.11 Å². The number of piperidine rings is 1. The third-order valence-electron chi connectivity index (χ3n) is 7.30. The highest BCUT2D eigenvalue weighted by atomic mass is 16.5. The molecule has 1 amide bonds. The van der Waals surface area contributed by atoms with Gasteiger partial charge in [0, 0.05) is 69.0 Å². The number of hydrogen-bond donors (Lipinski definition) is 0. The predicted molar refractivity (Wildman–Crippen MR) is 135 cm³/mol. The summed E-state index contributed by atoms with van der Waals surface area (Å²) in [5.74, 6) is 2.28. The lowest BCUT2D eigenvalue weighted by Gasteiger charge is -2.39. The summed E-state index contributed by atoms with van der Waals surface area (Å²) in [6, 6.07) is 10.2. The number of anilines is 2. The van der Waals surface area contributed by atoms with Crippen LogP contribution in [-0.2, 0) is 11.3 Å². The van der Waals surface area contributed by atoms with Gasteiger partial charge in [-0.15, -0.1) is 0 Å². The number of piperazine rings is 1. The number of nitrogens with zero attached hydrogens (tertiary/aromatic N) is 6. The van der Waals surface area contributed by atoms with E-state index in [4.69, 9.17) is 9.72 Å². The van der Waals surface area contributed by atoms with Gasteiger partial charge in [0.15, 0.2) is 5.82 Å². The van der Waals surface area contributed by atoms with Crippen LogP contribution in [0.4, 0.5) is 11.5 Å². The van der Waals surface area contributed by atoms with Crippen molar-refractivity contribution in [1.29, 1.82) is 0 Å². The Hall–Kier alpha value is -3.29. The molecule has 0 atom stereocenters. The SMILES string of the molecule is CCn1nc(C)c2ccnc(N3CCC(C(=O)N4CCN(c5ccc(OC)cc5)CC4)CC3)c21. The Balaban J connectivity index is 1.19. The lowest BCUT2D eigenvalue weighted by atomic mass is 9.94. The summed E-state index contributed by atoms with van der Waals surface area (Å²) < 4.78 is 7.31. The minimum atomic E-state index is 0.0980. The predicted octanol–water partition coefficient (Wildman–Crippen LogP) is 3.33. The average Bonchev–Trinajstić information content (AvgIpc) is 3.24. The second-order valence-corrected chi connectivity index (χ2v) is 9.20. The molecule has 4 heterocycles. The minimum Gasteiger partial charge on any atom is -0.497 e. The number of carbonyl (C=O) groups is 1. The number of ether oxygens (including phenoxy) is 1. The van der Waals surface area contributed by atoms with Gasteiger partial charge in [-0.1, -0.05) is 0 Å². The standard InChI is InChI=1S/C26H34N6O2/c1-4-32-24-23(19(2)28-32)9-12-27-25(24)30-13-10-20(11-14-30)26(33)31-17-15-29(16-18-31)21-5-7-22(34-3)8-6-21/h5-9,12,20H,4,10-11,13-18H2,1-3H3. The van der Waals surface area contributed by atoms with Crippen molar-refractivity contribution in [3.63, 3.8) is 0 Å². The maximum atomic E-state index is 13.3. The van der Waals surface area contributed by atoms with Crippen LogP contribution in [0.1, 0.15) is 25.5 Å². The van der Waals surface area contributed by atoms with Gasteiger partial charge in [0.25, 0.3) is 0 Å². The molecule has 0 unspecified atom stereocenters. The highest BCUT2D eigenvalue weighted by Crippen LogP contribution is 2.31. The van der Waals surface area contributed by atoms with Crippen molar-refractivity contribution in [2.75, 3.05) is 56.2 Å². The summed E-state index contributed by atoms with van der Waals surface area (Å²) in [6.45, 7) is 9.97. The maximum absolute atomic E-state index is 13.3. The number of aryl methyl sites for hydroxylation is 2. The second-order valence-electron chi connectivity index (χ2n) is 9.20. The van der Waals surface area contributed by atoms with Gasteiger partial charge in [0.1, 0.15) is 11.3 Å². The van der Waals surface area contributed by atoms with Crippen LogP contribution in [0.3, 0.4) is 0 Å². The molecular formula is C26H34N6O2. The summed E-state index contributed by atoms with van der Waals surface area (Å²) in [4.78, 5) is 24.7. The zero-order chi connectivity index (χ0) is 23.7. The van der Waals surface area contributed by atoms with Crippen LogP contribution < -0.4 is 14.5 Å². The van der Waals surface area contributed by atoms with Gasteiger partial charge in [0.05, 0.1) is 12.8 Å². The summed E-state index contributed by atoms with van der Waals surface area (Å²) in [6.07, 6.45) is 3.62. The normalized spacial score (nSPS) is 17.4. The Morgan fingerprint density at radius 1 is 1.00 bits per heavy atom. The van der Waals surface area contributed by atoms with Crippen LogP contribution in [0.25, 0.3) is 10.9 Å². The van der Waals surface area contributed by atoms with E-state index < -0.39 is 0 Å². The van der Waals surface area contributed by atoms with Gasteiger partial charge in [-0.2, -0.15) is 5.10 Å². The molecule has 180 valence electrons. The highest BCUT2D eigenvalue weighted by molar-refractivity contribution is 5.91. The lowest BCUT2D eigenvalue weighted by Crippen LogP contribution is -2.51. The molecule has 3 aromatic rings. The van der Waals surface area contributed by atoms with Gasteiger partial charge in [-0.05, 0) is 57.0 Å². The number of benzene rings is 1. The van der Waals surface area contributed by atoms with Gasteiger partial charge in [0.2, 0.25) is 5.91 Å². The summed E-state index contributed by atoms with van der Waals surface area (Å²) in [7, 11) is 1.68. The fourth-order valence-corrected chi connectivity index (χ4v) is 5.31. The number of aromatic nitrogens is 3. The molecule has 2 saturated heterocycles. The Bertz CT molecular complexity index is 1140. The molecule has 0 saturated carbocycles. The van der Waals surface area contributed by atoms with E-state index >= 15 is 0 Å². The van der Waals surface area contributed by atoms with Crippen molar-refractivity contribution in [2.45, 2.75) is 33.2 Å². The zero-order valence-electron chi connectivity index (χ0n) is 20.4. The van der Waals surface area contributed by atoms with E-state index in [9.17, 15) is 4.79 Å². The number of methoxy groups -OCH3 is 1. The Morgan fingerprint density at radius 2 is 1.71 bits per heavy atom. The molecule has 2 fully saturated rings. The number of rotatable bonds is 5. The molecule has 0 aliphatic carbocycles. The molecule has 2 aliphatic rings. The van der Waals surface area contributed by atoms with Crippen LogP contribution in [0, 0.1) is 12.8 Å². The quantitative estimate of drug-likeness (QED) is 0.580. The first-order valence-corrected chi connectivity index (χ1v) is 12.3. The van der Waals surface area contributed by atoms with Crippen molar-refractivity contribution in [3.8, 4) is 5.75 Å². The van der Waals surface area contributed by atoms with Crippen molar-refractivity contribution in [2.24, 2.45) is 5.92 Å². The molecular weight excluding hydrogens is 428 g/mol. The maximum Gasteiger partial charge on any atom is 0.225 e. The van der Waals surface area contributed by atoms with E-state index in [1.165, 1.54) is 11.1 Å². The Morgan fingerprint density at radius 3 is 2.35 bits per heavy atom. The van der Waals surface area contributed by atoms with E-state index in [2.05, 4.69) is 51.8 Å². The first-order chi connectivity index (χ1) is 16.6. The van der Waals surface area contributed by atoms with E-state index in [0.29, 0.717) is 5.91 Å². The molecule has 0 bridgehead atoms. The van der Waals surface area contributed by atoms with E-state index in [0.717, 1.165) is 81.4 Å². The fourth-order valence-electron chi connectivity index (χ4n) is 5.31. The van der Waals surface area contributed by atoms with Gasteiger partial charge in [-0.25, -0.2) is 4.98 Å². The number of pyridine rings is 1. The molecule has 2 aromatic heterocycles. The van der Waals surface area contributed by atoms with Crippen molar-refractivity contribution in [1.82, 2.24) is 19.7 Å². The third kappa shape index (κ3) is 4.17. The highest BCUT2D eigenvalue weighted by Gasteiger charge is 2.31. The number of hydrogen-bond acceptors (Lipinski definition) is 6. The molecule has 0 radical (unpaired) electrons. The van der Waals surface area contributed by atoms with Crippen LogP contribution in [0.15, 0.2) is 36.5 Å². The second kappa shape index (κ2) is 9.52. The summed E-state index contributed by atoms with van der Waals surface area (Å²) in [5.41, 5.74) is 3.34. The summed E-state index contributed by atoms with van der Waals surface area (Å²) >= 11 is 0. The molecule has 8 heteroatoms. The van der Waals surface area contributed by atoms with E-state index in [1.807, 2.05) is 23.0 Å². The summed E-state index contributed by atoms with van der Waals surface area (Å²) in [5, 5.41) is 5.85. The van der Waals surface area contributed by atoms with Crippen LogP contribution in [0.5, 0.6) is 5.75 Å². The van der Waals surface area contributed by atoms with Crippen LogP contribution in [-0.4, -0.2) is 71.9 Å². The van der Waals surface area contributed by atoms with Crippen LogP contribution >= 0.6 is 0 Å². The molecule has 1 aromatic carbocycles. The average molecular weight is 463 g/mol. The van der Waals surface area contributed by atoms with Gasteiger partial charge < -0.3 is 19.4 Å². The van der Waals surface area contributed by atoms with E-state index in [-0.39, 0.29) is 5.92 Å². The molecule has 2 aliphatic heterocycles. The van der Waals surface area contributed by atoms with Crippen molar-refractivity contribution < 1.29 is 9.53 Å². The molecule has 8 nitrogen and oxygen atoms in total. The molecule has 5 rings (SSSR count). The van der Waals surface area contributed by atoms with Crippen molar-refractivity contribution >= 4 is 28.3 Å². The van der Waals surface area contributed by atoms with Crippen LogP contribution in [0.2, 0.25) is 0 Å². The Kier molecular flexibility index (Phi) is 6.30. The number of carbonyl (C=O) groups excluding carboxylic acids is 1. The fraction of sp³-hybridized carbons (Fsp3) is 0.500. The largest absolute Gasteiger partial charge is 0.497 e. The first kappa shape index (κ1) is 22.5. The monoisotopic (exact) mass is 462 g/mol. The first-order valence-electron chi connectivity index (χ1n) is 12.3.